The molecule has 4 rings (SSSR count). The van der Waals surface area contributed by atoms with Crippen LogP contribution < -0.4 is 10.1 Å². The van der Waals surface area contributed by atoms with Gasteiger partial charge in [0.15, 0.2) is 11.0 Å². The van der Waals surface area contributed by atoms with E-state index in [-0.39, 0.29) is 17.1 Å². The fraction of sp³-hybridized carbons (Fsp3) is 0.292. The highest BCUT2D eigenvalue weighted by atomic mass is 32.2. The molecule has 1 amide bonds. The van der Waals surface area contributed by atoms with E-state index in [0.717, 1.165) is 17.1 Å². The van der Waals surface area contributed by atoms with Crippen molar-refractivity contribution < 1.29 is 18.4 Å². The normalized spacial score (nSPS) is 12.1. The van der Waals surface area contributed by atoms with Crippen LogP contribution in [0.5, 0.6) is 5.75 Å². The third kappa shape index (κ3) is 5.48. The summed E-state index contributed by atoms with van der Waals surface area (Å²) in [6.07, 6.45) is 3.23. The first-order chi connectivity index (χ1) is 16.0. The minimum absolute atomic E-state index is 0.0700. The minimum Gasteiger partial charge on any atom is -0.497 e. The van der Waals surface area contributed by atoms with Crippen LogP contribution in [-0.2, 0) is 17.9 Å². The number of nitrogens with zero attached hydrogens (tertiary/aromatic N) is 3. The Balaban J connectivity index is 1.62. The SMILES string of the molecule is COc1cccc(-c2nnc(SC(C(=O)NCc3ccco3)C(C)C)n2Cc2ccco2)c1. The predicted octanol–water partition coefficient (Wildman–Crippen LogP) is 4.62. The monoisotopic (exact) mass is 466 g/mol. The van der Waals surface area contributed by atoms with E-state index in [4.69, 9.17) is 13.6 Å². The summed E-state index contributed by atoms with van der Waals surface area (Å²) in [5.74, 6) is 2.86. The quantitative estimate of drug-likeness (QED) is 0.341. The van der Waals surface area contributed by atoms with E-state index in [1.807, 2.05) is 60.9 Å². The Morgan fingerprint density at radius 2 is 1.85 bits per heavy atom. The van der Waals surface area contributed by atoms with E-state index in [1.54, 1.807) is 25.7 Å². The van der Waals surface area contributed by atoms with Crippen molar-refractivity contribution in [3.63, 3.8) is 0 Å². The molecule has 0 spiro atoms. The molecule has 0 fully saturated rings. The van der Waals surface area contributed by atoms with Crippen molar-refractivity contribution in [3.8, 4) is 17.1 Å². The number of ether oxygens (including phenoxy) is 1. The maximum absolute atomic E-state index is 13.0. The molecule has 0 aliphatic carbocycles. The maximum Gasteiger partial charge on any atom is 0.234 e. The standard InChI is InChI=1S/C24H26N4O4S/c1-16(2)21(23(29)25-14-19-9-5-11-31-19)33-24-27-26-22(17-7-4-8-18(13-17)30-3)28(24)15-20-10-6-12-32-20/h4-13,16,21H,14-15H2,1-3H3,(H,25,29). The van der Waals surface area contributed by atoms with Gasteiger partial charge < -0.3 is 18.9 Å². The molecule has 0 saturated heterocycles. The van der Waals surface area contributed by atoms with Crippen LogP contribution in [0.15, 0.2) is 75.0 Å². The summed E-state index contributed by atoms with van der Waals surface area (Å²) in [5.41, 5.74) is 0.864. The van der Waals surface area contributed by atoms with Gasteiger partial charge in [-0.15, -0.1) is 10.2 Å². The number of amides is 1. The van der Waals surface area contributed by atoms with Gasteiger partial charge in [-0.3, -0.25) is 9.36 Å². The molecule has 3 aromatic heterocycles. The van der Waals surface area contributed by atoms with Crippen molar-refractivity contribution in [2.45, 2.75) is 37.3 Å². The first-order valence-corrected chi connectivity index (χ1v) is 11.5. The molecule has 4 aromatic rings. The molecule has 1 atom stereocenters. The van der Waals surface area contributed by atoms with Crippen LogP contribution in [0.4, 0.5) is 0 Å². The number of carbonyl (C=O) groups is 1. The third-order valence-electron chi connectivity index (χ3n) is 5.05. The Kier molecular flexibility index (Phi) is 7.19. The Hall–Kier alpha value is -3.46. The lowest BCUT2D eigenvalue weighted by Gasteiger charge is -2.19. The molecule has 9 heteroatoms. The van der Waals surface area contributed by atoms with Crippen LogP contribution in [0, 0.1) is 5.92 Å². The number of methoxy groups -OCH3 is 1. The number of benzene rings is 1. The van der Waals surface area contributed by atoms with Crippen molar-refractivity contribution in [2.75, 3.05) is 7.11 Å². The van der Waals surface area contributed by atoms with Crippen molar-refractivity contribution in [3.05, 3.63) is 72.6 Å². The molecular formula is C24H26N4O4S. The van der Waals surface area contributed by atoms with Gasteiger partial charge in [-0.2, -0.15) is 0 Å². The average molecular weight is 467 g/mol. The smallest absolute Gasteiger partial charge is 0.234 e. The van der Waals surface area contributed by atoms with Gasteiger partial charge in [0.2, 0.25) is 5.91 Å². The molecule has 8 nitrogen and oxygen atoms in total. The summed E-state index contributed by atoms with van der Waals surface area (Å²) >= 11 is 1.39. The number of aromatic nitrogens is 3. The van der Waals surface area contributed by atoms with Crippen molar-refractivity contribution in [1.29, 1.82) is 0 Å². The molecule has 0 aliphatic heterocycles. The van der Waals surface area contributed by atoms with Gasteiger partial charge in [-0.05, 0) is 42.3 Å². The summed E-state index contributed by atoms with van der Waals surface area (Å²) in [5, 5.41) is 12.1. The maximum atomic E-state index is 13.0. The van der Waals surface area contributed by atoms with Gasteiger partial charge in [0.25, 0.3) is 0 Å². The molecule has 33 heavy (non-hydrogen) atoms. The van der Waals surface area contributed by atoms with Gasteiger partial charge in [-0.25, -0.2) is 0 Å². The van der Waals surface area contributed by atoms with Crippen molar-refractivity contribution in [2.24, 2.45) is 5.92 Å². The Morgan fingerprint density at radius 3 is 2.52 bits per heavy atom. The molecule has 1 aromatic carbocycles. The van der Waals surface area contributed by atoms with E-state index >= 15 is 0 Å². The molecule has 172 valence electrons. The summed E-state index contributed by atoms with van der Waals surface area (Å²) in [6, 6.07) is 15.0. The zero-order valence-electron chi connectivity index (χ0n) is 18.7. The van der Waals surface area contributed by atoms with Gasteiger partial charge in [0.05, 0.1) is 38.0 Å². The first-order valence-electron chi connectivity index (χ1n) is 10.6. The zero-order valence-corrected chi connectivity index (χ0v) is 19.5. The van der Waals surface area contributed by atoms with E-state index < -0.39 is 0 Å². The molecule has 0 bridgehead atoms. The number of carbonyl (C=O) groups excluding carboxylic acids is 1. The molecule has 0 aliphatic rings. The highest BCUT2D eigenvalue weighted by Gasteiger charge is 2.27. The van der Waals surface area contributed by atoms with Gasteiger partial charge in [-0.1, -0.05) is 37.7 Å². The lowest BCUT2D eigenvalue weighted by atomic mass is 10.1. The zero-order chi connectivity index (χ0) is 23.2. The molecule has 1 N–H and O–H groups in total. The number of thioether (sulfide) groups is 1. The van der Waals surface area contributed by atoms with E-state index in [9.17, 15) is 4.79 Å². The summed E-state index contributed by atoms with van der Waals surface area (Å²) in [4.78, 5) is 13.0. The van der Waals surface area contributed by atoms with Crippen LogP contribution >= 0.6 is 11.8 Å². The molecule has 1 unspecified atom stereocenters. The minimum atomic E-state index is -0.363. The highest BCUT2D eigenvalue weighted by molar-refractivity contribution is 8.00. The van der Waals surface area contributed by atoms with Crippen LogP contribution in [0.1, 0.15) is 25.4 Å². The van der Waals surface area contributed by atoms with E-state index in [1.165, 1.54) is 11.8 Å². The fourth-order valence-corrected chi connectivity index (χ4v) is 4.40. The van der Waals surface area contributed by atoms with Gasteiger partial charge in [0.1, 0.15) is 17.3 Å². The third-order valence-corrected chi connectivity index (χ3v) is 6.58. The van der Waals surface area contributed by atoms with Crippen molar-refractivity contribution in [1.82, 2.24) is 20.1 Å². The Labute approximate surface area is 196 Å². The van der Waals surface area contributed by atoms with E-state index in [2.05, 4.69) is 15.5 Å². The fourth-order valence-electron chi connectivity index (χ4n) is 3.35. The van der Waals surface area contributed by atoms with Crippen LogP contribution in [0.2, 0.25) is 0 Å². The van der Waals surface area contributed by atoms with Crippen molar-refractivity contribution >= 4 is 17.7 Å². The number of hydrogen-bond donors (Lipinski definition) is 1. The summed E-state index contributed by atoms with van der Waals surface area (Å²) in [6.45, 7) is 4.80. The lowest BCUT2D eigenvalue weighted by Crippen LogP contribution is -2.35. The van der Waals surface area contributed by atoms with Crippen LogP contribution in [-0.4, -0.2) is 33.0 Å². The number of nitrogens with one attached hydrogen (secondary N) is 1. The van der Waals surface area contributed by atoms with Gasteiger partial charge >= 0.3 is 0 Å². The lowest BCUT2D eigenvalue weighted by molar-refractivity contribution is -0.121. The van der Waals surface area contributed by atoms with Crippen LogP contribution in [0.3, 0.4) is 0 Å². The molecular weight excluding hydrogens is 440 g/mol. The first kappa shape index (κ1) is 22.7. The second-order valence-electron chi connectivity index (χ2n) is 7.78. The molecule has 0 saturated carbocycles. The largest absolute Gasteiger partial charge is 0.497 e. The molecule has 3 heterocycles. The second-order valence-corrected chi connectivity index (χ2v) is 8.89. The predicted molar refractivity (Wildman–Crippen MR) is 125 cm³/mol. The Bertz CT molecular complexity index is 1170. The number of furan rings is 2. The summed E-state index contributed by atoms with van der Waals surface area (Å²) in [7, 11) is 1.63. The Morgan fingerprint density at radius 1 is 1.09 bits per heavy atom. The average Bonchev–Trinajstić information content (AvgIpc) is 3.59. The molecule has 0 radical (unpaired) electrons. The highest BCUT2D eigenvalue weighted by Crippen LogP contribution is 2.32. The number of hydrogen-bond acceptors (Lipinski definition) is 7. The second kappa shape index (κ2) is 10.4. The topological polar surface area (TPSA) is 95.3 Å². The van der Waals surface area contributed by atoms with Crippen LogP contribution in [0.25, 0.3) is 11.4 Å². The van der Waals surface area contributed by atoms with Gasteiger partial charge in [0, 0.05) is 5.56 Å². The number of rotatable bonds is 10. The summed E-state index contributed by atoms with van der Waals surface area (Å²) < 4.78 is 18.2. The van der Waals surface area contributed by atoms with E-state index in [0.29, 0.717) is 29.8 Å².